The van der Waals surface area contributed by atoms with Gasteiger partial charge in [-0.2, -0.15) is 4.98 Å². The van der Waals surface area contributed by atoms with Gasteiger partial charge < -0.3 is 14.0 Å². The molecule has 2 aromatic heterocycles. The number of hydrogen-bond acceptors (Lipinski definition) is 5. The quantitative estimate of drug-likeness (QED) is 0.152. The van der Waals surface area contributed by atoms with Crippen molar-refractivity contribution in [3.63, 3.8) is 0 Å². The Bertz CT molecular complexity index is 1490. The molecule has 38 heavy (non-hydrogen) atoms. The summed E-state index contributed by atoms with van der Waals surface area (Å²) in [7, 11) is -1.25. The number of hydrogen-bond donors (Lipinski definition) is 0. The molecule has 0 spiro atoms. The molecular formula is C29H33FN4O3Si. The first-order valence-electron chi connectivity index (χ1n) is 12.8. The molecule has 0 aliphatic rings. The highest BCUT2D eigenvalue weighted by Crippen LogP contribution is 2.25. The molecule has 0 aliphatic heterocycles. The fourth-order valence-corrected chi connectivity index (χ4v) is 4.62. The van der Waals surface area contributed by atoms with E-state index in [-0.39, 0.29) is 24.7 Å². The molecule has 198 valence electrons. The number of aryl methyl sites for hydroxylation is 1. The van der Waals surface area contributed by atoms with Gasteiger partial charge in [0.15, 0.2) is 11.2 Å². The average Bonchev–Trinajstić information content (AvgIpc) is 3.28. The highest BCUT2D eigenvalue weighted by Gasteiger charge is 2.19. The number of rotatable bonds is 10. The van der Waals surface area contributed by atoms with Gasteiger partial charge in [-0.05, 0) is 61.0 Å². The number of halogens is 1. The summed E-state index contributed by atoms with van der Waals surface area (Å²) >= 11 is 0. The smallest absolute Gasteiger partial charge is 0.299 e. The van der Waals surface area contributed by atoms with E-state index >= 15 is 0 Å². The summed E-state index contributed by atoms with van der Waals surface area (Å²) in [4.78, 5) is 21.8. The largest absolute Gasteiger partial charge is 0.481 e. The lowest BCUT2D eigenvalue weighted by Gasteiger charge is -2.16. The van der Waals surface area contributed by atoms with E-state index in [1.165, 1.54) is 12.1 Å². The van der Waals surface area contributed by atoms with Crippen molar-refractivity contribution in [2.75, 3.05) is 13.2 Å². The zero-order chi connectivity index (χ0) is 27.1. The van der Waals surface area contributed by atoms with E-state index in [0.717, 1.165) is 23.6 Å². The van der Waals surface area contributed by atoms with Crippen LogP contribution in [0.3, 0.4) is 0 Å². The molecule has 0 unspecified atom stereocenters. The van der Waals surface area contributed by atoms with E-state index in [9.17, 15) is 9.18 Å². The predicted octanol–water partition coefficient (Wildman–Crippen LogP) is 5.55. The number of fused-ring (bicyclic) bond motifs is 1. The Labute approximate surface area is 223 Å². The molecule has 9 heteroatoms. The third kappa shape index (κ3) is 6.97. The van der Waals surface area contributed by atoms with Gasteiger partial charge in [-0.1, -0.05) is 38.4 Å². The third-order valence-electron chi connectivity index (χ3n) is 5.92. The van der Waals surface area contributed by atoms with E-state index in [0.29, 0.717) is 35.9 Å². The lowest BCUT2D eigenvalue weighted by molar-refractivity contribution is 0.0908. The molecule has 0 aliphatic carbocycles. The molecule has 0 amide bonds. The molecule has 0 fully saturated rings. The van der Waals surface area contributed by atoms with Crippen LogP contribution < -0.4 is 10.3 Å². The van der Waals surface area contributed by atoms with Gasteiger partial charge in [0, 0.05) is 32.4 Å². The summed E-state index contributed by atoms with van der Waals surface area (Å²) in [6, 6.07) is 14.6. The van der Waals surface area contributed by atoms with E-state index in [4.69, 9.17) is 14.5 Å². The summed E-state index contributed by atoms with van der Waals surface area (Å²) < 4.78 is 28.5. The van der Waals surface area contributed by atoms with E-state index in [2.05, 4.69) is 43.4 Å². The number of imidazole rings is 1. The zero-order valence-corrected chi connectivity index (χ0v) is 23.3. The fraction of sp³-hybridized carbons (Fsp3) is 0.345. The van der Waals surface area contributed by atoms with E-state index in [1.807, 2.05) is 33.4 Å². The molecule has 0 saturated carbocycles. The van der Waals surface area contributed by atoms with Crippen LogP contribution in [0.1, 0.15) is 18.9 Å². The molecule has 4 rings (SSSR count). The summed E-state index contributed by atoms with van der Waals surface area (Å²) in [5.74, 6) is 6.90. The Hall–Kier alpha value is -3.74. The molecular weight excluding hydrogens is 499 g/mol. The summed E-state index contributed by atoms with van der Waals surface area (Å²) in [5, 5.41) is 0. The first-order valence-corrected chi connectivity index (χ1v) is 16.5. The number of aromatic nitrogens is 4. The normalized spacial score (nSPS) is 11.4. The van der Waals surface area contributed by atoms with E-state index in [1.54, 1.807) is 18.5 Å². The van der Waals surface area contributed by atoms with Crippen LogP contribution in [0.5, 0.6) is 5.75 Å². The van der Waals surface area contributed by atoms with Crippen molar-refractivity contribution >= 4 is 19.2 Å². The van der Waals surface area contributed by atoms with Crippen molar-refractivity contribution in [1.29, 1.82) is 0 Å². The summed E-state index contributed by atoms with van der Waals surface area (Å²) in [6.07, 6.45) is 2.45. The van der Waals surface area contributed by atoms with Gasteiger partial charge in [0.1, 0.15) is 37.1 Å². The number of nitrogens with zero attached hydrogens (tertiary/aromatic N) is 4. The maximum absolute atomic E-state index is 13.0. The molecule has 0 atom stereocenters. The van der Waals surface area contributed by atoms with Crippen LogP contribution in [0, 0.1) is 17.7 Å². The molecule has 4 aromatic rings. The lowest BCUT2D eigenvalue weighted by Crippen LogP contribution is -2.22. The molecule has 0 saturated heterocycles. The van der Waals surface area contributed by atoms with Crippen molar-refractivity contribution in [1.82, 2.24) is 19.1 Å². The molecule has 0 bridgehead atoms. The van der Waals surface area contributed by atoms with E-state index < -0.39 is 8.07 Å². The minimum absolute atomic E-state index is 0.197. The molecule has 2 aromatic carbocycles. The van der Waals surface area contributed by atoms with Gasteiger partial charge in [-0.15, -0.1) is 0 Å². The molecule has 2 heterocycles. The molecule has 0 radical (unpaired) electrons. The molecule has 0 N–H and O–H groups in total. The second kappa shape index (κ2) is 12.2. The Balaban J connectivity index is 1.56. The second-order valence-electron chi connectivity index (χ2n) is 10.2. The maximum Gasteiger partial charge on any atom is 0.299 e. The molecule has 7 nitrogen and oxygen atoms in total. The monoisotopic (exact) mass is 532 g/mol. The van der Waals surface area contributed by atoms with Crippen molar-refractivity contribution < 1.29 is 13.9 Å². The highest BCUT2D eigenvalue weighted by molar-refractivity contribution is 6.76. The van der Waals surface area contributed by atoms with Crippen LogP contribution in [0.2, 0.25) is 25.7 Å². The van der Waals surface area contributed by atoms with Crippen molar-refractivity contribution in [2.24, 2.45) is 0 Å². The number of ether oxygens (including phenoxy) is 2. The van der Waals surface area contributed by atoms with Crippen molar-refractivity contribution in [3.05, 3.63) is 76.6 Å². The van der Waals surface area contributed by atoms with Crippen LogP contribution in [0.25, 0.3) is 22.6 Å². The van der Waals surface area contributed by atoms with Gasteiger partial charge in [-0.3, -0.25) is 9.36 Å². The maximum atomic E-state index is 13.0. The Kier molecular flexibility index (Phi) is 8.76. The minimum Gasteiger partial charge on any atom is -0.481 e. The van der Waals surface area contributed by atoms with Gasteiger partial charge in [-0.25, -0.2) is 9.37 Å². The topological polar surface area (TPSA) is 71.2 Å². The van der Waals surface area contributed by atoms with Gasteiger partial charge >= 0.3 is 0 Å². The Morgan fingerprint density at radius 3 is 2.47 bits per heavy atom. The summed E-state index contributed by atoms with van der Waals surface area (Å²) in [6.45, 7) is 10.7. The van der Waals surface area contributed by atoms with Gasteiger partial charge in [0.05, 0.1) is 0 Å². The van der Waals surface area contributed by atoms with Crippen molar-refractivity contribution in [2.45, 2.75) is 52.3 Å². The Morgan fingerprint density at radius 2 is 1.79 bits per heavy atom. The SMILES string of the molecule is CCCn1cnc(=O)c2c1nc(-c1ccc(OCC#Cc3ccc(F)cc3)cc1)n2COCC[Si](C)(C)C. The predicted molar refractivity (Wildman–Crippen MR) is 150 cm³/mol. The minimum atomic E-state index is -1.25. The average molecular weight is 533 g/mol. The second-order valence-corrected chi connectivity index (χ2v) is 15.9. The van der Waals surface area contributed by atoms with Crippen LogP contribution in [-0.4, -0.2) is 40.4 Å². The fourth-order valence-electron chi connectivity index (χ4n) is 3.87. The third-order valence-corrected chi connectivity index (χ3v) is 7.62. The lowest BCUT2D eigenvalue weighted by atomic mass is 10.2. The summed E-state index contributed by atoms with van der Waals surface area (Å²) in [5.41, 5.74) is 2.29. The Morgan fingerprint density at radius 1 is 1.05 bits per heavy atom. The van der Waals surface area contributed by atoms with Crippen LogP contribution in [0.15, 0.2) is 59.7 Å². The first kappa shape index (κ1) is 27.3. The van der Waals surface area contributed by atoms with Gasteiger partial charge in [0.25, 0.3) is 5.56 Å². The first-order chi connectivity index (χ1) is 18.2. The highest BCUT2D eigenvalue weighted by atomic mass is 28.3. The standard InChI is InChI=1S/C29H33FN4O3Si/c1-5-16-33-20-31-29(35)26-28(33)32-27(34(26)21-36-18-19-38(2,3)4)23-10-14-25(15-11-23)37-17-6-7-22-8-12-24(30)13-9-22/h8-15,20H,5,16-19,21H2,1-4H3. The van der Waals surface area contributed by atoms with Crippen LogP contribution in [0.4, 0.5) is 4.39 Å². The zero-order valence-electron chi connectivity index (χ0n) is 22.3. The van der Waals surface area contributed by atoms with Crippen molar-refractivity contribution in [3.8, 4) is 29.0 Å². The van der Waals surface area contributed by atoms with Crippen LogP contribution in [-0.2, 0) is 18.0 Å². The van der Waals surface area contributed by atoms with Crippen LogP contribution >= 0.6 is 0 Å². The van der Waals surface area contributed by atoms with Gasteiger partial charge in [0.2, 0.25) is 0 Å². The number of benzene rings is 2.